The Morgan fingerprint density at radius 3 is 2.93 bits per heavy atom. The first-order valence-electron chi connectivity index (χ1n) is 8.61. The van der Waals surface area contributed by atoms with Gasteiger partial charge in [-0.15, -0.1) is 11.3 Å². The predicted octanol–water partition coefficient (Wildman–Crippen LogP) is 3.51. The number of aryl methyl sites for hydroxylation is 1. The van der Waals surface area contributed by atoms with Gasteiger partial charge >= 0.3 is 0 Å². The highest BCUT2D eigenvalue weighted by Gasteiger charge is 2.18. The van der Waals surface area contributed by atoms with Gasteiger partial charge in [0.2, 0.25) is 0 Å². The number of rotatable bonds is 5. The second kappa shape index (κ2) is 7.72. The Labute approximate surface area is 173 Å². The summed E-state index contributed by atoms with van der Waals surface area (Å²) in [7, 11) is 0. The van der Waals surface area contributed by atoms with Crippen LogP contribution in [0.5, 0.6) is 0 Å². The van der Waals surface area contributed by atoms with Gasteiger partial charge in [0.05, 0.1) is 21.4 Å². The Bertz CT molecular complexity index is 1310. The molecule has 0 bridgehead atoms. The molecule has 10 nitrogen and oxygen atoms in total. The fraction of sp³-hybridized carbons (Fsp3) is 0.0526. The number of carbonyl (C=O) groups excluding carboxylic acids is 1. The van der Waals surface area contributed by atoms with E-state index in [0.29, 0.717) is 43.6 Å². The van der Waals surface area contributed by atoms with Gasteiger partial charge in [0.25, 0.3) is 11.6 Å². The number of nitro groups is 1. The molecule has 0 aliphatic carbocycles. The Hall–Kier alpha value is -4.12. The first-order chi connectivity index (χ1) is 14.4. The topological polar surface area (TPSA) is 150 Å². The maximum Gasteiger partial charge on any atom is 0.281 e. The summed E-state index contributed by atoms with van der Waals surface area (Å²) in [6.45, 7) is 1.77. The first kappa shape index (κ1) is 19.2. The highest BCUT2D eigenvalue weighted by molar-refractivity contribution is 7.20. The summed E-state index contributed by atoms with van der Waals surface area (Å²) in [6.07, 6.45) is 2.69. The predicted molar refractivity (Wildman–Crippen MR) is 112 cm³/mol. The third-order valence-corrected chi connectivity index (χ3v) is 5.49. The minimum absolute atomic E-state index is 0.0320. The molecule has 0 aliphatic rings. The molecular weight excluding hydrogens is 408 g/mol. The lowest BCUT2D eigenvalue weighted by atomic mass is 10.1. The lowest BCUT2D eigenvalue weighted by Crippen LogP contribution is -2.17. The average Bonchev–Trinajstić information content (AvgIpc) is 3.33. The van der Waals surface area contributed by atoms with Crippen molar-refractivity contribution >= 4 is 45.2 Å². The minimum atomic E-state index is -0.473. The molecular formula is C19H14N6O4S. The van der Waals surface area contributed by atoms with Crippen molar-refractivity contribution < 1.29 is 14.1 Å². The third-order valence-electron chi connectivity index (χ3n) is 4.29. The highest BCUT2D eigenvalue weighted by Crippen LogP contribution is 2.31. The Kier molecular flexibility index (Phi) is 4.94. The molecule has 0 saturated carbocycles. The molecule has 0 aliphatic heterocycles. The van der Waals surface area contributed by atoms with Crippen LogP contribution in [0, 0.1) is 17.0 Å². The van der Waals surface area contributed by atoms with E-state index in [9.17, 15) is 14.9 Å². The number of amides is 1. The zero-order valence-corrected chi connectivity index (χ0v) is 16.3. The lowest BCUT2D eigenvalue weighted by molar-refractivity contribution is -0.384. The lowest BCUT2D eigenvalue weighted by Gasteiger charge is -1.98. The summed E-state index contributed by atoms with van der Waals surface area (Å²) in [5.74, 6) is 0.734. The zero-order valence-electron chi connectivity index (χ0n) is 15.5. The van der Waals surface area contributed by atoms with Crippen LogP contribution in [0.1, 0.15) is 21.0 Å². The first-order valence-corrected chi connectivity index (χ1v) is 9.43. The molecule has 0 saturated heterocycles. The van der Waals surface area contributed by atoms with Crippen molar-refractivity contribution in [1.29, 1.82) is 0 Å². The van der Waals surface area contributed by atoms with E-state index in [4.69, 9.17) is 10.2 Å². The van der Waals surface area contributed by atoms with Crippen molar-refractivity contribution in [2.75, 3.05) is 5.73 Å². The Balaban J connectivity index is 1.49. The number of hydrazone groups is 1. The summed E-state index contributed by atoms with van der Waals surface area (Å²) in [5.41, 5.74) is 9.53. The molecule has 3 heterocycles. The third kappa shape index (κ3) is 3.61. The quantitative estimate of drug-likeness (QED) is 0.284. The van der Waals surface area contributed by atoms with Gasteiger partial charge in [0.15, 0.2) is 0 Å². The van der Waals surface area contributed by atoms with Gasteiger partial charge in [-0.1, -0.05) is 12.1 Å². The van der Waals surface area contributed by atoms with Crippen LogP contribution < -0.4 is 11.2 Å². The number of fused-ring (bicyclic) bond motifs is 1. The summed E-state index contributed by atoms with van der Waals surface area (Å²) in [5, 5.41) is 15.5. The molecule has 3 aromatic heterocycles. The van der Waals surface area contributed by atoms with Crippen LogP contribution in [-0.4, -0.2) is 27.0 Å². The molecule has 0 radical (unpaired) electrons. The molecule has 1 amide bonds. The summed E-state index contributed by atoms with van der Waals surface area (Å²) in [4.78, 5) is 32.0. The van der Waals surface area contributed by atoms with E-state index in [1.54, 1.807) is 31.2 Å². The number of nitrogens with two attached hydrogens (primary N) is 1. The molecule has 3 N–H and O–H groups in total. The van der Waals surface area contributed by atoms with Crippen LogP contribution in [0.25, 0.3) is 21.5 Å². The number of carbonyl (C=O) groups is 1. The number of hydrogen-bond acceptors (Lipinski definition) is 9. The Morgan fingerprint density at radius 1 is 1.33 bits per heavy atom. The molecule has 0 fully saturated rings. The smallest absolute Gasteiger partial charge is 0.281 e. The maximum atomic E-state index is 12.5. The monoisotopic (exact) mass is 422 g/mol. The number of nitrogen functional groups attached to an aromatic ring is 1. The van der Waals surface area contributed by atoms with Crippen molar-refractivity contribution in [3.63, 3.8) is 0 Å². The summed E-state index contributed by atoms with van der Waals surface area (Å²) in [6, 6.07) is 9.41. The minimum Gasteiger partial charge on any atom is -0.455 e. The molecule has 11 heteroatoms. The van der Waals surface area contributed by atoms with Gasteiger partial charge in [-0.05, 0) is 24.6 Å². The fourth-order valence-corrected chi connectivity index (χ4v) is 3.92. The Morgan fingerprint density at radius 2 is 2.17 bits per heavy atom. The molecule has 1 aromatic carbocycles. The van der Waals surface area contributed by atoms with E-state index in [0.717, 1.165) is 0 Å². The van der Waals surface area contributed by atoms with Crippen molar-refractivity contribution in [3.05, 3.63) is 69.0 Å². The largest absolute Gasteiger partial charge is 0.455 e. The van der Waals surface area contributed by atoms with E-state index < -0.39 is 10.8 Å². The van der Waals surface area contributed by atoms with E-state index in [2.05, 4.69) is 20.5 Å². The van der Waals surface area contributed by atoms with Gasteiger partial charge in [-0.3, -0.25) is 14.9 Å². The second-order valence-corrected chi connectivity index (χ2v) is 7.20. The average molecular weight is 422 g/mol. The molecule has 4 aromatic rings. The number of nitro benzene ring substituents is 1. The van der Waals surface area contributed by atoms with Gasteiger partial charge < -0.3 is 10.2 Å². The molecule has 0 spiro atoms. The van der Waals surface area contributed by atoms with E-state index in [1.165, 1.54) is 36.0 Å². The van der Waals surface area contributed by atoms with Crippen molar-refractivity contribution in [2.24, 2.45) is 5.10 Å². The van der Waals surface area contributed by atoms with Gasteiger partial charge in [0.1, 0.15) is 28.5 Å². The van der Waals surface area contributed by atoms with Gasteiger partial charge in [-0.25, -0.2) is 15.4 Å². The van der Waals surface area contributed by atoms with E-state index in [1.807, 2.05) is 0 Å². The standard InChI is InChI=1S/C19H14N6O4S/c1-10-15-17(20)21-9-22-19(15)30-16(10)18(26)24-23-8-13-5-6-14(29-13)11-3-2-4-12(7-11)25(27)28/h2-9H,1H3,(H,24,26)(H2,20,21,22)/b23-8-. The number of non-ortho nitro benzene ring substituents is 1. The van der Waals surface area contributed by atoms with Crippen molar-refractivity contribution in [3.8, 4) is 11.3 Å². The van der Waals surface area contributed by atoms with Crippen LogP contribution >= 0.6 is 11.3 Å². The number of benzene rings is 1. The SMILES string of the molecule is Cc1c(C(=O)N/N=C\c2ccc(-c3cccc([N+](=O)[O-])c3)o2)sc2ncnc(N)c12. The van der Waals surface area contributed by atoms with Crippen molar-refractivity contribution in [1.82, 2.24) is 15.4 Å². The number of furan rings is 1. The molecule has 0 atom stereocenters. The number of nitrogens with one attached hydrogen (secondary N) is 1. The van der Waals surface area contributed by atoms with Gasteiger partial charge in [-0.2, -0.15) is 5.10 Å². The van der Waals surface area contributed by atoms with E-state index >= 15 is 0 Å². The van der Waals surface area contributed by atoms with Crippen molar-refractivity contribution in [2.45, 2.75) is 6.92 Å². The summed E-state index contributed by atoms with van der Waals surface area (Å²) >= 11 is 1.20. The van der Waals surface area contributed by atoms with Gasteiger partial charge in [0, 0.05) is 17.7 Å². The van der Waals surface area contributed by atoms with Crippen LogP contribution in [0.4, 0.5) is 11.5 Å². The molecule has 4 rings (SSSR count). The number of hydrogen-bond donors (Lipinski definition) is 2. The molecule has 0 unspecified atom stereocenters. The maximum absolute atomic E-state index is 12.5. The fourth-order valence-electron chi connectivity index (χ4n) is 2.87. The number of anilines is 1. The van der Waals surface area contributed by atoms with Crippen LogP contribution in [-0.2, 0) is 0 Å². The molecule has 30 heavy (non-hydrogen) atoms. The van der Waals surface area contributed by atoms with Crippen LogP contribution in [0.2, 0.25) is 0 Å². The number of aromatic nitrogens is 2. The summed E-state index contributed by atoms with van der Waals surface area (Å²) < 4.78 is 5.62. The number of nitrogens with zero attached hydrogens (tertiary/aromatic N) is 4. The second-order valence-electron chi connectivity index (χ2n) is 6.20. The highest BCUT2D eigenvalue weighted by atomic mass is 32.1. The van der Waals surface area contributed by atoms with Crippen LogP contribution in [0.15, 0.2) is 52.2 Å². The zero-order chi connectivity index (χ0) is 21.3. The van der Waals surface area contributed by atoms with Crippen LogP contribution in [0.3, 0.4) is 0 Å². The van der Waals surface area contributed by atoms with E-state index in [-0.39, 0.29) is 5.69 Å². The number of thiophene rings is 1. The normalized spacial score (nSPS) is 11.2. The molecule has 150 valence electrons.